The Kier molecular flexibility index (Phi) is 8.61. The predicted octanol–water partition coefficient (Wildman–Crippen LogP) is 5.57. The molecule has 0 amide bonds. The lowest BCUT2D eigenvalue weighted by molar-refractivity contribution is 0.710. The summed E-state index contributed by atoms with van der Waals surface area (Å²) in [5.74, 6) is 0. The van der Waals surface area contributed by atoms with Gasteiger partial charge in [0.1, 0.15) is 0 Å². The van der Waals surface area contributed by atoms with Crippen molar-refractivity contribution >= 4 is 23.5 Å². The summed E-state index contributed by atoms with van der Waals surface area (Å²) < 4.78 is 3.44. The second-order valence-electron chi connectivity index (χ2n) is 4.67. The van der Waals surface area contributed by atoms with Crippen LogP contribution in [0.15, 0.2) is 29.2 Å². The summed E-state index contributed by atoms with van der Waals surface area (Å²) in [5, 5.41) is 8.37. The van der Waals surface area contributed by atoms with E-state index in [1.54, 1.807) is 11.9 Å². The first-order valence-electron chi connectivity index (χ1n) is 7.89. The quantitative estimate of drug-likeness (QED) is 0.676. The standard InChI is InChI=1S/C15H20ClN3S.C2H6/c1-4-13-14(5-2)17-18-15(13)10(3)19-20-12-8-6-11(16)7-9-12;1-2/h6-10,19H,4-5H2,1-3H3,(H,17,18);1-2H3. The van der Waals surface area contributed by atoms with E-state index in [9.17, 15) is 0 Å². The highest BCUT2D eigenvalue weighted by molar-refractivity contribution is 7.97. The number of rotatable bonds is 6. The molecular formula is C17H26ClN3S. The first kappa shape index (κ1) is 19.1. The van der Waals surface area contributed by atoms with Gasteiger partial charge in [-0.15, -0.1) is 0 Å². The molecule has 1 aromatic carbocycles. The normalized spacial score (nSPS) is 11.7. The third-order valence-corrected chi connectivity index (χ3v) is 4.50. The fraction of sp³-hybridized carbons (Fsp3) is 0.471. The van der Waals surface area contributed by atoms with Crippen molar-refractivity contribution in [1.29, 1.82) is 0 Å². The Morgan fingerprint density at radius 3 is 2.36 bits per heavy atom. The zero-order valence-corrected chi connectivity index (χ0v) is 15.6. The summed E-state index contributed by atoms with van der Waals surface area (Å²) in [6, 6.07) is 8.02. The topological polar surface area (TPSA) is 40.7 Å². The largest absolute Gasteiger partial charge is 0.282 e. The smallest absolute Gasteiger partial charge is 0.0832 e. The zero-order chi connectivity index (χ0) is 16.5. The van der Waals surface area contributed by atoms with Crippen LogP contribution in [0, 0.1) is 0 Å². The lowest BCUT2D eigenvalue weighted by Crippen LogP contribution is -2.12. The first-order valence-corrected chi connectivity index (χ1v) is 9.09. The highest BCUT2D eigenvalue weighted by Crippen LogP contribution is 2.24. The maximum atomic E-state index is 5.88. The molecule has 2 rings (SSSR count). The van der Waals surface area contributed by atoms with Gasteiger partial charge in [-0.05, 0) is 61.5 Å². The van der Waals surface area contributed by atoms with Crippen LogP contribution in [-0.4, -0.2) is 10.2 Å². The number of nitrogens with zero attached hydrogens (tertiary/aromatic N) is 1. The van der Waals surface area contributed by atoms with Gasteiger partial charge in [-0.25, -0.2) is 0 Å². The Balaban J connectivity index is 0.00000116. The number of nitrogens with one attached hydrogen (secondary N) is 2. The fourth-order valence-corrected chi connectivity index (χ4v) is 3.00. The van der Waals surface area contributed by atoms with E-state index < -0.39 is 0 Å². The Labute approximate surface area is 143 Å². The van der Waals surface area contributed by atoms with Gasteiger partial charge >= 0.3 is 0 Å². The molecular weight excluding hydrogens is 314 g/mol. The minimum Gasteiger partial charge on any atom is -0.282 e. The van der Waals surface area contributed by atoms with Gasteiger partial charge in [-0.1, -0.05) is 39.3 Å². The number of hydrogen-bond acceptors (Lipinski definition) is 3. The maximum absolute atomic E-state index is 5.88. The average molecular weight is 340 g/mol. The summed E-state index contributed by atoms with van der Waals surface area (Å²) in [5.41, 5.74) is 3.70. The van der Waals surface area contributed by atoms with Crippen molar-refractivity contribution in [1.82, 2.24) is 14.9 Å². The van der Waals surface area contributed by atoms with E-state index in [0.29, 0.717) is 0 Å². The molecule has 3 nitrogen and oxygen atoms in total. The molecule has 5 heteroatoms. The summed E-state index contributed by atoms with van der Waals surface area (Å²) in [6.07, 6.45) is 2.00. The second-order valence-corrected chi connectivity index (χ2v) is 6.02. The lowest BCUT2D eigenvalue weighted by Gasteiger charge is -2.12. The average Bonchev–Trinajstić information content (AvgIpc) is 2.99. The van der Waals surface area contributed by atoms with Crippen LogP contribution in [0.5, 0.6) is 0 Å². The van der Waals surface area contributed by atoms with E-state index in [4.69, 9.17) is 11.6 Å². The molecule has 0 aliphatic heterocycles. The molecule has 0 saturated heterocycles. The van der Waals surface area contributed by atoms with Crippen LogP contribution in [-0.2, 0) is 12.8 Å². The minimum absolute atomic E-state index is 0.196. The van der Waals surface area contributed by atoms with Gasteiger partial charge in [0, 0.05) is 15.6 Å². The van der Waals surface area contributed by atoms with Gasteiger partial charge in [-0.3, -0.25) is 9.82 Å². The molecule has 0 radical (unpaired) electrons. The molecule has 1 unspecified atom stereocenters. The molecule has 0 aliphatic carbocycles. The summed E-state index contributed by atoms with van der Waals surface area (Å²) >= 11 is 7.49. The molecule has 0 spiro atoms. The number of halogens is 1. The van der Waals surface area contributed by atoms with Gasteiger partial charge in [0.15, 0.2) is 0 Å². The van der Waals surface area contributed by atoms with E-state index in [2.05, 4.69) is 35.7 Å². The number of aromatic amines is 1. The Morgan fingerprint density at radius 1 is 1.18 bits per heavy atom. The van der Waals surface area contributed by atoms with E-state index >= 15 is 0 Å². The zero-order valence-electron chi connectivity index (χ0n) is 14.0. The molecule has 1 atom stereocenters. The Morgan fingerprint density at radius 2 is 1.82 bits per heavy atom. The van der Waals surface area contributed by atoms with Crippen LogP contribution in [0.4, 0.5) is 0 Å². The van der Waals surface area contributed by atoms with Crippen molar-refractivity contribution in [3.63, 3.8) is 0 Å². The molecule has 1 aromatic heterocycles. The maximum Gasteiger partial charge on any atom is 0.0832 e. The number of aromatic nitrogens is 2. The van der Waals surface area contributed by atoms with Gasteiger partial charge in [0.25, 0.3) is 0 Å². The molecule has 0 bridgehead atoms. The number of benzene rings is 1. The van der Waals surface area contributed by atoms with Gasteiger partial charge in [-0.2, -0.15) is 5.10 Å². The van der Waals surface area contributed by atoms with E-state index in [1.807, 2.05) is 38.1 Å². The number of hydrogen-bond donors (Lipinski definition) is 2. The lowest BCUT2D eigenvalue weighted by atomic mass is 10.1. The molecule has 0 aliphatic rings. The third-order valence-electron chi connectivity index (χ3n) is 3.27. The Bertz CT molecular complexity index is 552. The van der Waals surface area contributed by atoms with Crippen molar-refractivity contribution in [2.45, 2.75) is 58.4 Å². The van der Waals surface area contributed by atoms with Crippen molar-refractivity contribution < 1.29 is 0 Å². The minimum atomic E-state index is 0.196. The second kappa shape index (κ2) is 9.93. The third kappa shape index (κ3) is 5.04. The van der Waals surface area contributed by atoms with Crippen LogP contribution in [0.3, 0.4) is 0 Å². The highest BCUT2D eigenvalue weighted by atomic mass is 35.5. The van der Waals surface area contributed by atoms with Crippen LogP contribution >= 0.6 is 23.5 Å². The van der Waals surface area contributed by atoms with E-state index in [0.717, 1.165) is 28.5 Å². The van der Waals surface area contributed by atoms with Gasteiger partial charge in [0.05, 0.1) is 11.7 Å². The molecule has 0 fully saturated rings. The highest BCUT2D eigenvalue weighted by Gasteiger charge is 2.16. The van der Waals surface area contributed by atoms with Gasteiger partial charge in [0.2, 0.25) is 0 Å². The number of H-pyrrole nitrogens is 1. The summed E-state index contributed by atoms with van der Waals surface area (Å²) in [4.78, 5) is 1.14. The molecule has 1 heterocycles. The molecule has 22 heavy (non-hydrogen) atoms. The van der Waals surface area contributed by atoms with Crippen molar-refractivity contribution in [3.8, 4) is 0 Å². The summed E-state index contributed by atoms with van der Waals surface area (Å²) in [7, 11) is 0. The van der Waals surface area contributed by atoms with Crippen molar-refractivity contribution in [2.75, 3.05) is 0 Å². The first-order chi connectivity index (χ1) is 10.7. The molecule has 122 valence electrons. The Hall–Kier alpha value is -0.970. The van der Waals surface area contributed by atoms with E-state index in [1.165, 1.54) is 11.3 Å². The van der Waals surface area contributed by atoms with Crippen molar-refractivity contribution in [3.05, 3.63) is 46.2 Å². The fourth-order valence-electron chi connectivity index (χ4n) is 2.18. The molecule has 2 N–H and O–H groups in total. The van der Waals surface area contributed by atoms with Crippen LogP contribution in [0.25, 0.3) is 0 Å². The van der Waals surface area contributed by atoms with Crippen molar-refractivity contribution in [2.24, 2.45) is 0 Å². The summed E-state index contributed by atoms with van der Waals surface area (Å²) in [6.45, 7) is 10.5. The molecule has 0 saturated carbocycles. The monoisotopic (exact) mass is 339 g/mol. The van der Waals surface area contributed by atoms with Crippen LogP contribution < -0.4 is 4.72 Å². The predicted molar refractivity (Wildman–Crippen MR) is 97.6 cm³/mol. The van der Waals surface area contributed by atoms with Gasteiger partial charge < -0.3 is 0 Å². The SMILES string of the molecule is CC.CCc1[nH]nc(C(C)NSc2ccc(Cl)cc2)c1CC. The van der Waals surface area contributed by atoms with E-state index in [-0.39, 0.29) is 6.04 Å². The van der Waals surface area contributed by atoms with Crippen LogP contribution in [0.2, 0.25) is 5.02 Å². The molecule has 2 aromatic rings. The number of aryl methyl sites for hydroxylation is 1. The van der Waals surface area contributed by atoms with Crippen LogP contribution in [0.1, 0.15) is 57.6 Å².